The van der Waals surface area contributed by atoms with Gasteiger partial charge in [-0.1, -0.05) is 0 Å². The second-order valence-electron chi connectivity index (χ2n) is 3.09. The van der Waals surface area contributed by atoms with Gasteiger partial charge in [0.05, 0.1) is 6.54 Å². The number of anilines is 1. The van der Waals surface area contributed by atoms with Gasteiger partial charge in [-0.05, 0) is 18.6 Å². The van der Waals surface area contributed by atoms with Crippen LogP contribution in [-0.2, 0) is 4.79 Å². The Morgan fingerprint density at radius 1 is 1.64 bits per heavy atom. The van der Waals surface area contributed by atoms with Crippen LogP contribution in [0.3, 0.4) is 0 Å². The van der Waals surface area contributed by atoms with Crippen LogP contribution >= 0.6 is 0 Å². The molecule has 0 atom stereocenters. The molecule has 0 saturated carbocycles. The number of hydrogen-bond acceptors (Lipinski definition) is 3. The summed E-state index contributed by atoms with van der Waals surface area (Å²) in [5.41, 5.74) is 3.16. The maximum absolute atomic E-state index is 11.0. The fraction of sp³-hybridized carbons (Fsp3) is 0.250. The molecule has 1 aromatic rings. The molecule has 0 aromatic carbocycles. The molecule has 0 unspecified atom stereocenters. The fourth-order valence-electron chi connectivity index (χ4n) is 1.48. The summed E-state index contributed by atoms with van der Waals surface area (Å²) in [5.74, 6) is -0.715. The van der Waals surface area contributed by atoms with Crippen LogP contribution in [0.5, 0.6) is 0 Å². The molecule has 6 heteroatoms. The Hall–Kier alpha value is -1.98. The third-order valence-electron chi connectivity index (χ3n) is 2.06. The second-order valence-corrected chi connectivity index (χ2v) is 3.09. The number of nitrogens with zero attached hydrogens (tertiary/aromatic N) is 1. The number of aryl methyl sites for hydroxylation is 1. The van der Waals surface area contributed by atoms with Crippen LogP contribution in [0.15, 0.2) is 6.07 Å². The summed E-state index contributed by atoms with van der Waals surface area (Å²) in [4.78, 5) is 21.9. The summed E-state index contributed by atoms with van der Waals surface area (Å²) in [7, 11) is 0. The van der Waals surface area contributed by atoms with Crippen LogP contribution in [0.25, 0.3) is 0 Å². The predicted molar refractivity (Wildman–Crippen MR) is 49.0 cm³/mol. The third kappa shape index (κ3) is 1.12. The van der Waals surface area contributed by atoms with Gasteiger partial charge in [-0.25, -0.2) is 9.47 Å². The van der Waals surface area contributed by atoms with E-state index in [9.17, 15) is 9.59 Å². The molecular weight excluding hydrogens is 186 g/mol. The van der Waals surface area contributed by atoms with Gasteiger partial charge < -0.3 is 10.4 Å². The number of rotatable bonds is 1. The highest BCUT2D eigenvalue weighted by Crippen LogP contribution is 2.20. The van der Waals surface area contributed by atoms with Gasteiger partial charge >= 0.3 is 5.97 Å². The SMILES string of the molecule is Cc1cc2n(c1C(=O)O)NC(=O)CN2. The Bertz CT molecular complexity index is 422. The molecule has 2 heterocycles. The van der Waals surface area contributed by atoms with Gasteiger partial charge in [0.25, 0.3) is 5.91 Å². The Labute approximate surface area is 79.5 Å². The highest BCUT2D eigenvalue weighted by Gasteiger charge is 2.22. The lowest BCUT2D eigenvalue weighted by Gasteiger charge is -2.18. The lowest BCUT2D eigenvalue weighted by atomic mass is 10.3. The van der Waals surface area contributed by atoms with Crippen molar-refractivity contribution in [3.05, 3.63) is 17.3 Å². The lowest BCUT2D eigenvalue weighted by molar-refractivity contribution is -0.115. The molecule has 0 bridgehead atoms. The molecule has 1 aromatic heterocycles. The number of carboxylic acid groups (broad SMARTS) is 1. The second kappa shape index (κ2) is 2.76. The zero-order valence-electron chi connectivity index (χ0n) is 7.50. The standard InChI is InChI=1S/C8H9N3O3/c1-4-2-5-9-3-6(12)10-11(5)7(4)8(13)14/h2,9H,3H2,1H3,(H,10,12)(H,13,14). The predicted octanol–water partition coefficient (Wildman–Crippen LogP) is -0.00968. The summed E-state index contributed by atoms with van der Waals surface area (Å²) in [6, 6.07) is 1.68. The lowest BCUT2D eigenvalue weighted by Crippen LogP contribution is -2.37. The number of nitrogens with one attached hydrogen (secondary N) is 2. The molecule has 14 heavy (non-hydrogen) atoms. The van der Waals surface area contributed by atoms with E-state index in [4.69, 9.17) is 5.11 Å². The van der Waals surface area contributed by atoms with Crippen LogP contribution in [-0.4, -0.2) is 28.2 Å². The Morgan fingerprint density at radius 2 is 2.36 bits per heavy atom. The van der Waals surface area contributed by atoms with E-state index < -0.39 is 5.97 Å². The Balaban J connectivity index is 2.56. The molecule has 0 spiro atoms. The number of carbonyl (C=O) groups is 2. The molecule has 2 rings (SSSR count). The summed E-state index contributed by atoms with van der Waals surface area (Å²) in [6.07, 6.45) is 0. The average Bonchev–Trinajstić information content (AvgIpc) is 2.40. The number of hydrogen-bond donors (Lipinski definition) is 3. The van der Waals surface area contributed by atoms with Crippen molar-refractivity contribution in [2.75, 3.05) is 17.3 Å². The minimum Gasteiger partial charge on any atom is -0.477 e. The summed E-state index contributed by atoms with van der Waals surface area (Å²) in [6.45, 7) is 1.85. The van der Waals surface area contributed by atoms with Crippen molar-refractivity contribution in [3.8, 4) is 0 Å². The molecule has 1 aliphatic heterocycles. The monoisotopic (exact) mass is 195 g/mol. The molecule has 0 saturated heterocycles. The van der Waals surface area contributed by atoms with Crippen LogP contribution in [0, 0.1) is 6.92 Å². The number of fused-ring (bicyclic) bond motifs is 1. The molecule has 6 nitrogen and oxygen atoms in total. The van der Waals surface area contributed by atoms with Gasteiger partial charge in [0.1, 0.15) is 5.82 Å². The van der Waals surface area contributed by atoms with Crippen molar-refractivity contribution in [1.82, 2.24) is 4.68 Å². The minimum atomic E-state index is -1.06. The van der Waals surface area contributed by atoms with E-state index in [1.807, 2.05) is 0 Å². The van der Waals surface area contributed by atoms with Crippen molar-refractivity contribution in [1.29, 1.82) is 0 Å². The van der Waals surface area contributed by atoms with Crippen LogP contribution in [0.2, 0.25) is 0 Å². The maximum Gasteiger partial charge on any atom is 0.354 e. The van der Waals surface area contributed by atoms with Gasteiger partial charge in [0.15, 0.2) is 5.69 Å². The van der Waals surface area contributed by atoms with Crippen molar-refractivity contribution >= 4 is 17.7 Å². The van der Waals surface area contributed by atoms with Crippen LogP contribution in [0.1, 0.15) is 16.1 Å². The topological polar surface area (TPSA) is 83.4 Å². The van der Waals surface area contributed by atoms with E-state index in [-0.39, 0.29) is 18.1 Å². The van der Waals surface area contributed by atoms with Gasteiger partial charge in [-0.15, -0.1) is 0 Å². The first-order chi connectivity index (χ1) is 6.59. The highest BCUT2D eigenvalue weighted by molar-refractivity contribution is 5.95. The van der Waals surface area contributed by atoms with Gasteiger partial charge in [-0.3, -0.25) is 10.2 Å². The normalized spacial score (nSPS) is 14.2. The van der Waals surface area contributed by atoms with Gasteiger partial charge in [0, 0.05) is 0 Å². The molecule has 3 N–H and O–H groups in total. The van der Waals surface area contributed by atoms with Crippen LogP contribution < -0.4 is 10.7 Å². The van der Waals surface area contributed by atoms with Gasteiger partial charge in [-0.2, -0.15) is 0 Å². The van der Waals surface area contributed by atoms with Crippen molar-refractivity contribution in [2.24, 2.45) is 0 Å². The molecule has 1 aliphatic rings. The first-order valence-electron chi connectivity index (χ1n) is 4.09. The third-order valence-corrected chi connectivity index (χ3v) is 2.06. The van der Waals surface area contributed by atoms with E-state index in [1.54, 1.807) is 13.0 Å². The number of aromatic carboxylic acids is 1. The first kappa shape index (κ1) is 8.61. The fourth-order valence-corrected chi connectivity index (χ4v) is 1.48. The molecule has 0 aliphatic carbocycles. The first-order valence-corrected chi connectivity index (χ1v) is 4.09. The highest BCUT2D eigenvalue weighted by atomic mass is 16.4. The quantitative estimate of drug-likeness (QED) is 0.588. The largest absolute Gasteiger partial charge is 0.477 e. The van der Waals surface area contributed by atoms with E-state index >= 15 is 0 Å². The molecular formula is C8H9N3O3. The Kier molecular flexibility index (Phi) is 1.70. The van der Waals surface area contributed by atoms with Gasteiger partial charge in [0.2, 0.25) is 0 Å². The number of carboxylic acids is 1. The Morgan fingerprint density at radius 3 is 3.00 bits per heavy atom. The molecule has 0 radical (unpaired) electrons. The van der Waals surface area contributed by atoms with Crippen molar-refractivity contribution in [2.45, 2.75) is 6.92 Å². The van der Waals surface area contributed by atoms with E-state index in [2.05, 4.69) is 10.7 Å². The van der Waals surface area contributed by atoms with E-state index in [0.29, 0.717) is 11.4 Å². The van der Waals surface area contributed by atoms with Crippen molar-refractivity contribution < 1.29 is 14.7 Å². The molecule has 1 amide bonds. The van der Waals surface area contributed by atoms with E-state index in [0.717, 1.165) is 0 Å². The number of carbonyl (C=O) groups excluding carboxylic acids is 1. The smallest absolute Gasteiger partial charge is 0.354 e. The number of aromatic nitrogens is 1. The summed E-state index contributed by atoms with van der Waals surface area (Å²) >= 11 is 0. The average molecular weight is 195 g/mol. The summed E-state index contributed by atoms with van der Waals surface area (Å²) < 4.78 is 1.25. The maximum atomic E-state index is 11.0. The zero-order valence-corrected chi connectivity index (χ0v) is 7.50. The molecule has 74 valence electrons. The van der Waals surface area contributed by atoms with Crippen molar-refractivity contribution in [3.63, 3.8) is 0 Å². The van der Waals surface area contributed by atoms with Crippen LogP contribution in [0.4, 0.5) is 5.82 Å². The minimum absolute atomic E-state index is 0.0838. The van der Waals surface area contributed by atoms with E-state index in [1.165, 1.54) is 4.68 Å². The summed E-state index contributed by atoms with van der Waals surface area (Å²) in [5, 5.41) is 11.7. The zero-order chi connectivity index (χ0) is 10.3. The molecule has 0 fully saturated rings. The number of amides is 1.